The van der Waals surface area contributed by atoms with Crippen molar-refractivity contribution in [3.63, 3.8) is 0 Å². The fraction of sp³-hybridized carbons (Fsp3) is 0.500. The topological polar surface area (TPSA) is 56.8 Å². The maximum Gasteiger partial charge on any atom is 0.231 e. The molecule has 102 valence electrons. The van der Waals surface area contributed by atoms with E-state index < -0.39 is 0 Å². The number of carbonyl (C=O) groups is 1. The standard InChI is InChI=1S/C14H17NO4/c16-14(15-7-11-3-4-17-8-11)6-10-1-2-12-13(5-10)19-9-18-12/h1-2,5,11H,3-4,6-9H2,(H,15,16)/t11-/m0/s1. The highest BCUT2D eigenvalue weighted by Gasteiger charge is 2.17. The van der Waals surface area contributed by atoms with E-state index in [1.807, 2.05) is 18.2 Å². The number of hydrogen-bond donors (Lipinski definition) is 1. The van der Waals surface area contributed by atoms with E-state index in [-0.39, 0.29) is 12.7 Å². The third-order valence-electron chi connectivity index (χ3n) is 3.41. The Bertz CT molecular complexity index is 469. The Hall–Kier alpha value is -1.75. The van der Waals surface area contributed by atoms with Gasteiger partial charge < -0.3 is 19.5 Å². The molecule has 3 rings (SSSR count). The van der Waals surface area contributed by atoms with E-state index in [1.165, 1.54) is 0 Å². The van der Waals surface area contributed by atoms with Crippen LogP contribution < -0.4 is 14.8 Å². The maximum absolute atomic E-state index is 11.8. The first-order chi connectivity index (χ1) is 9.31. The Balaban J connectivity index is 1.51. The molecule has 2 aliphatic rings. The van der Waals surface area contributed by atoms with Crippen molar-refractivity contribution in [2.75, 3.05) is 26.6 Å². The van der Waals surface area contributed by atoms with Crippen molar-refractivity contribution in [3.8, 4) is 11.5 Å². The van der Waals surface area contributed by atoms with Gasteiger partial charge in [0.15, 0.2) is 11.5 Å². The Labute approximate surface area is 111 Å². The first-order valence-corrected chi connectivity index (χ1v) is 6.54. The number of ether oxygens (including phenoxy) is 3. The van der Waals surface area contributed by atoms with Gasteiger partial charge in [-0.05, 0) is 24.1 Å². The predicted octanol–water partition coefficient (Wildman–Crippen LogP) is 1.11. The molecule has 19 heavy (non-hydrogen) atoms. The van der Waals surface area contributed by atoms with Crippen LogP contribution in [0.15, 0.2) is 18.2 Å². The molecule has 0 aliphatic carbocycles. The smallest absolute Gasteiger partial charge is 0.231 e. The Morgan fingerprint density at radius 3 is 3.05 bits per heavy atom. The zero-order valence-corrected chi connectivity index (χ0v) is 10.7. The average molecular weight is 263 g/mol. The van der Waals surface area contributed by atoms with Gasteiger partial charge in [0, 0.05) is 19.1 Å². The summed E-state index contributed by atoms with van der Waals surface area (Å²) in [5.74, 6) is 1.95. The van der Waals surface area contributed by atoms with E-state index in [4.69, 9.17) is 14.2 Å². The normalized spacial score (nSPS) is 20.5. The van der Waals surface area contributed by atoms with Gasteiger partial charge in [-0.1, -0.05) is 6.07 Å². The molecule has 5 nitrogen and oxygen atoms in total. The van der Waals surface area contributed by atoms with E-state index in [9.17, 15) is 4.79 Å². The molecule has 0 bridgehead atoms. The number of hydrogen-bond acceptors (Lipinski definition) is 4. The van der Waals surface area contributed by atoms with Crippen LogP contribution in [-0.2, 0) is 16.0 Å². The van der Waals surface area contributed by atoms with E-state index in [1.54, 1.807) is 0 Å². The molecule has 2 aliphatic heterocycles. The van der Waals surface area contributed by atoms with E-state index in [0.717, 1.165) is 36.7 Å². The van der Waals surface area contributed by atoms with Crippen molar-refractivity contribution in [1.82, 2.24) is 5.32 Å². The molecule has 0 spiro atoms. The van der Waals surface area contributed by atoms with E-state index >= 15 is 0 Å². The molecule has 1 aromatic carbocycles. The first kappa shape index (κ1) is 12.3. The summed E-state index contributed by atoms with van der Waals surface area (Å²) >= 11 is 0. The molecule has 0 radical (unpaired) electrons. The second-order valence-electron chi connectivity index (χ2n) is 4.90. The number of amides is 1. The molecule has 0 aromatic heterocycles. The zero-order chi connectivity index (χ0) is 13.1. The number of carbonyl (C=O) groups excluding carboxylic acids is 1. The molecule has 1 amide bonds. The van der Waals surface area contributed by atoms with Crippen LogP contribution in [0.4, 0.5) is 0 Å². The van der Waals surface area contributed by atoms with Crippen LogP contribution in [0.25, 0.3) is 0 Å². The van der Waals surface area contributed by atoms with Gasteiger partial charge in [0.1, 0.15) is 0 Å². The second kappa shape index (κ2) is 5.48. The van der Waals surface area contributed by atoms with Crippen LogP contribution >= 0.6 is 0 Å². The lowest BCUT2D eigenvalue weighted by atomic mass is 10.1. The van der Waals surface area contributed by atoms with Crippen molar-refractivity contribution >= 4 is 5.91 Å². The van der Waals surface area contributed by atoms with Crippen LogP contribution in [-0.4, -0.2) is 32.5 Å². The Morgan fingerprint density at radius 2 is 2.21 bits per heavy atom. The van der Waals surface area contributed by atoms with Crippen LogP contribution in [0, 0.1) is 5.92 Å². The molecule has 1 aromatic rings. The fourth-order valence-corrected chi connectivity index (χ4v) is 2.30. The average Bonchev–Trinajstić information content (AvgIpc) is 3.07. The number of fused-ring (bicyclic) bond motifs is 1. The van der Waals surface area contributed by atoms with E-state index in [0.29, 0.717) is 18.9 Å². The molecule has 1 fully saturated rings. The highest BCUT2D eigenvalue weighted by atomic mass is 16.7. The minimum absolute atomic E-state index is 0.0331. The minimum Gasteiger partial charge on any atom is -0.454 e. The molecular weight excluding hydrogens is 246 g/mol. The molecular formula is C14H17NO4. The SMILES string of the molecule is O=C(Cc1ccc2c(c1)OCO2)NC[C@@H]1CCOC1. The summed E-state index contributed by atoms with van der Waals surface area (Å²) in [6.07, 6.45) is 1.40. The van der Waals surface area contributed by atoms with E-state index in [2.05, 4.69) is 5.32 Å². The van der Waals surface area contributed by atoms with Crippen molar-refractivity contribution in [2.24, 2.45) is 5.92 Å². The largest absolute Gasteiger partial charge is 0.454 e. The highest BCUT2D eigenvalue weighted by Crippen LogP contribution is 2.32. The predicted molar refractivity (Wildman–Crippen MR) is 68.2 cm³/mol. The number of nitrogens with one attached hydrogen (secondary N) is 1. The molecule has 1 N–H and O–H groups in total. The molecule has 1 saturated heterocycles. The van der Waals surface area contributed by atoms with Gasteiger partial charge in [-0.2, -0.15) is 0 Å². The van der Waals surface area contributed by atoms with Gasteiger partial charge in [0.05, 0.1) is 13.0 Å². The molecule has 1 atom stereocenters. The molecule has 0 unspecified atom stereocenters. The van der Waals surface area contributed by atoms with Crippen LogP contribution in [0.2, 0.25) is 0 Å². The molecule has 2 heterocycles. The number of benzene rings is 1. The summed E-state index contributed by atoms with van der Waals surface area (Å²) in [6, 6.07) is 5.60. The van der Waals surface area contributed by atoms with Crippen LogP contribution in [0.1, 0.15) is 12.0 Å². The lowest BCUT2D eigenvalue weighted by Crippen LogP contribution is -2.30. The summed E-state index contributed by atoms with van der Waals surface area (Å²) in [7, 11) is 0. The Kier molecular flexibility index (Phi) is 3.55. The van der Waals surface area contributed by atoms with Crippen LogP contribution in [0.3, 0.4) is 0 Å². The third-order valence-corrected chi connectivity index (χ3v) is 3.41. The Morgan fingerprint density at radius 1 is 1.32 bits per heavy atom. The first-order valence-electron chi connectivity index (χ1n) is 6.54. The summed E-state index contributed by atoms with van der Waals surface area (Å²) in [5, 5.41) is 2.95. The van der Waals surface area contributed by atoms with Crippen LogP contribution in [0.5, 0.6) is 11.5 Å². The van der Waals surface area contributed by atoms with Gasteiger partial charge in [-0.3, -0.25) is 4.79 Å². The summed E-state index contributed by atoms with van der Waals surface area (Å²) in [4.78, 5) is 11.8. The minimum atomic E-state index is 0.0331. The van der Waals surface area contributed by atoms with Gasteiger partial charge >= 0.3 is 0 Å². The summed E-state index contributed by atoms with van der Waals surface area (Å²) in [5.41, 5.74) is 0.935. The monoisotopic (exact) mass is 263 g/mol. The zero-order valence-electron chi connectivity index (χ0n) is 10.7. The van der Waals surface area contributed by atoms with Gasteiger partial charge in [0.25, 0.3) is 0 Å². The van der Waals surface area contributed by atoms with Crippen molar-refractivity contribution in [1.29, 1.82) is 0 Å². The van der Waals surface area contributed by atoms with Gasteiger partial charge in [-0.15, -0.1) is 0 Å². The lowest BCUT2D eigenvalue weighted by Gasteiger charge is -2.09. The third kappa shape index (κ3) is 2.98. The molecule has 0 saturated carbocycles. The lowest BCUT2D eigenvalue weighted by molar-refractivity contribution is -0.120. The summed E-state index contributed by atoms with van der Waals surface area (Å²) < 4.78 is 15.8. The van der Waals surface area contributed by atoms with Crippen molar-refractivity contribution < 1.29 is 19.0 Å². The van der Waals surface area contributed by atoms with Crippen molar-refractivity contribution in [2.45, 2.75) is 12.8 Å². The molecule has 5 heteroatoms. The van der Waals surface area contributed by atoms with Crippen molar-refractivity contribution in [3.05, 3.63) is 23.8 Å². The fourth-order valence-electron chi connectivity index (χ4n) is 2.30. The van der Waals surface area contributed by atoms with Gasteiger partial charge in [-0.25, -0.2) is 0 Å². The quantitative estimate of drug-likeness (QED) is 0.884. The summed E-state index contributed by atoms with van der Waals surface area (Å²) in [6.45, 7) is 2.52. The maximum atomic E-state index is 11.8. The highest BCUT2D eigenvalue weighted by molar-refractivity contribution is 5.78. The second-order valence-corrected chi connectivity index (χ2v) is 4.90. The number of rotatable bonds is 4. The van der Waals surface area contributed by atoms with Gasteiger partial charge in [0.2, 0.25) is 12.7 Å².